The van der Waals surface area contributed by atoms with E-state index in [0.29, 0.717) is 12.2 Å². The summed E-state index contributed by atoms with van der Waals surface area (Å²) in [5, 5.41) is 3.51. The van der Waals surface area contributed by atoms with Crippen molar-refractivity contribution in [1.82, 2.24) is 14.7 Å². The van der Waals surface area contributed by atoms with Gasteiger partial charge in [0.25, 0.3) is 5.56 Å². The van der Waals surface area contributed by atoms with Crippen molar-refractivity contribution < 1.29 is 0 Å². The summed E-state index contributed by atoms with van der Waals surface area (Å²) in [6.45, 7) is 11.7. The molecule has 0 aliphatic heterocycles. The molecule has 0 aromatic carbocycles. The standard InChI is InChI=1S/C17H25N3O/c1-16(2,3)12-17(4,5)18-11-13-10-15(21)20-9-7-6-8-14(20)19-13/h6-10,18H,11-12H2,1-5H3. The molecule has 0 atom stereocenters. The Morgan fingerprint density at radius 3 is 2.57 bits per heavy atom. The van der Waals surface area contributed by atoms with Crippen LogP contribution in [0, 0.1) is 5.41 Å². The average molecular weight is 287 g/mol. The lowest BCUT2D eigenvalue weighted by Gasteiger charge is -2.33. The van der Waals surface area contributed by atoms with Gasteiger partial charge < -0.3 is 5.32 Å². The van der Waals surface area contributed by atoms with E-state index in [0.717, 1.165) is 12.1 Å². The van der Waals surface area contributed by atoms with Crippen molar-refractivity contribution >= 4 is 5.65 Å². The van der Waals surface area contributed by atoms with E-state index in [1.54, 1.807) is 16.7 Å². The Kier molecular flexibility index (Phi) is 4.19. The predicted octanol–water partition coefficient (Wildman–Crippen LogP) is 3.00. The third kappa shape index (κ3) is 4.39. The molecular weight excluding hydrogens is 262 g/mol. The lowest BCUT2D eigenvalue weighted by atomic mass is 9.82. The van der Waals surface area contributed by atoms with Gasteiger partial charge in [-0.25, -0.2) is 4.98 Å². The molecule has 2 aromatic rings. The van der Waals surface area contributed by atoms with E-state index in [2.05, 4.69) is 44.9 Å². The van der Waals surface area contributed by atoms with E-state index in [1.165, 1.54) is 0 Å². The van der Waals surface area contributed by atoms with Crippen LogP contribution in [-0.2, 0) is 6.54 Å². The molecule has 0 aliphatic carbocycles. The minimum Gasteiger partial charge on any atom is -0.306 e. The normalized spacial score (nSPS) is 12.8. The first-order chi connectivity index (χ1) is 9.66. The Hall–Kier alpha value is -1.68. The van der Waals surface area contributed by atoms with Gasteiger partial charge in [-0.1, -0.05) is 26.8 Å². The quantitative estimate of drug-likeness (QED) is 0.940. The molecule has 0 radical (unpaired) electrons. The monoisotopic (exact) mass is 287 g/mol. The number of fused-ring (bicyclic) bond motifs is 1. The molecule has 4 heteroatoms. The smallest absolute Gasteiger partial charge is 0.258 e. The molecule has 114 valence electrons. The number of aromatic nitrogens is 2. The number of nitrogens with one attached hydrogen (secondary N) is 1. The van der Waals surface area contributed by atoms with Crippen molar-refractivity contribution in [1.29, 1.82) is 0 Å². The summed E-state index contributed by atoms with van der Waals surface area (Å²) in [4.78, 5) is 16.6. The van der Waals surface area contributed by atoms with Gasteiger partial charge in [-0.3, -0.25) is 9.20 Å². The van der Waals surface area contributed by atoms with Crippen LogP contribution >= 0.6 is 0 Å². The molecule has 0 fully saturated rings. The van der Waals surface area contributed by atoms with E-state index in [1.807, 2.05) is 18.2 Å². The number of hydrogen-bond acceptors (Lipinski definition) is 3. The molecule has 0 unspecified atom stereocenters. The lowest BCUT2D eigenvalue weighted by molar-refractivity contribution is 0.240. The van der Waals surface area contributed by atoms with Gasteiger partial charge in [0, 0.05) is 24.3 Å². The van der Waals surface area contributed by atoms with Crippen molar-refractivity contribution in [2.24, 2.45) is 5.41 Å². The first-order valence-electron chi connectivity index (χ1n) is 7.39. The van der Waals surface area contributed by atoms with Crippen LogP contribution in [0.4, 0.5) is 0 Å². The molecule has 0 saturated carbocycles. The topological polar surface area (TPSA) is 46.4 Å². The first kappa shape index (κ1) is 15.7. The summed E-state index contributed by atoms with van der Waals surface area (Å²) in [6.07, 6.45) is 2.79. The molecule has 2 aromatic heterocycles. The van der Waals surface area contributed by atoms with Crippen LogP contribution in [0.3, 0.4) is 0 Å². The zero-order valence-electron chi connectivity index (χ0n) is 13.6. The fourth-order valence-corrected chi connectivity index (χ4v) is 2.91. The fraction of sp³-hybridized carbons (Fsp3) is 0.529. The Morgan fingerprint density at radius 1 is 1.19 bits per heavy atom. The summed E-state index contributed by atoms with van der Waals surface area (Å²) in [7, 11) is 0. The van der Waals surface area contributed by atoms with E-state index in [9.17, 15) is 4.79 Å². The molecule has 0 spiro atoms. The summed E-state index contributed by atoms with van der Waals surface area (Å²) >= 11 is 0. The molecule has 0 amide bonds. The molecular formula is C17H25N3O. The largest absolute Gasteiger partial charge is 0.306 e. The van der Waals surface area contributed by atoms with E-state index >= 15 is 0 Å². The number of hydrogen-bond donors (Lipinski definition) is 1. The second-order valence-corrected chi connectivity index (χ2v) is 7.49. The maximum atomic E-state index is 12.0. The molecule has 0 saturated heterocycles. The highest BCUT2D eigenvalue weighted by Crippen LogP contribution is 2.26. The molecule has 21 heavy (non-hydrogen) atoms. The van der Waals surface area contributed by atoms with Crippen molar-refractivity contribution in [3.8, 4) is 0 Å². The molecule has 2 heterocycles. The summed E-state index contributed by atoms with van der Waals surface area (Å²) in [5.41, 5.74) is 1.70. The lowest BCUT2D eigenvalue weighted by Crippen LogP contribution is -2.42. The van der Waals surface area contributed by atoms with Crippen LogP contribution in [0.25, 0.3) is 5.65 Å². The summed E-state index contributed by atoms with van der Waals surface area (Å²) in [6, 6.07) is 7.18. The number of nitrogens with zero attached hydrogens (tertiary/aromatic N) is 2. The van der Waals surface area contributed by atoms with Gasteiger partial charge in [0.2, 0.25) is 0 Å². The zero-order valence-corrected chi connectivity index (χ0v) is 13.6. The predicted molar refractivity (Wildman–Crippen MR) is 86.5 cm³/mol. The second-order valence-electron chi connectivity index (χ2n) is 7.49. The van der Waals surface area contributed by atoms with Crippen LogP contribution in [0.1, 0.15) is 46.7 Å². The maximum Gasteiger partial charge on any atom is 0.258 e. The van der Waals surface area contributed by atoms with Gasteiger partial charge in [-0.15, -0.1) is 0 Å². The van der Waals surface area contributed by atoms with Gasteiger partial charge in [0.15, 0.2) is 0 Å². The first-order valence-corrected chi connectivity index (χ1v) is 7.39. The molecule has 0 bridgehead atoms. The Labute approximate surface area is 126 Å². The fourth-order valence-electron chi connectivity index (χ4n) is 2.91. The van der Waals surface area contributed by atoms with Gasteiger partial charge in [0.05, 0.1) is 5.69 Å². The molecule has 2 rings (SSSR count). The van der Waals surface area contributed by atoms with Crippen molar-refractivity contribution in [3.63, 3.8) is 0 Å². The van der Waals surface area contributed by atoms with Crippen molar-refractivity contribution in [3.05, 3.63) is 46.5 Å². The highest BCUT2D eigenvalue weighted by molar-refractivity contribution is 5.37. The molecule has 4 nitrogen and oxygen atoms in total. The number of pyridine rings is 1. The average Bonchev–Trinajstić information content (AvgIpc) is 2.34. The zero-order chi connectivity index (χ0) is 15.7. The van der Waals surface area contributed by atoms with Crippen LogP contribution < -0.4 is 10.9 Å². The van der Waals surface area contributed by atoms with Crippen LogP contribution in [0.5, 0.6) is 0 Å². The second kappa shape index (κ2) is 5.60. The minimum absolute atomic E-state index is 0.00175. The summed E-state index contributed by atoms with van der Waals surface area (Å²) < 4.78 is 1.56. The van der Waals surface area contributed by atoms with E-state index in [4.69, 9.17) is 0 Å². The van der Waals surface area contributed by atoms with Crippen LogP contribution in [-0.4, -0.2) is 14.9 Å². The van der Waals surface area contributed by atoms with Gasteiger partial charge >= 0.3 is 0 Å². The third-order valence-electron chi connectivity index (χ3n) is 3.34. The van der Waals surface area contributed by atoms with Crippen molar-refractivity contribution in [2.75, 3.05) is 0 Å². The SMILES string of the molecule is CC(C)(C)CC(C)(C)NCc1cc(=O)n2ccccc2n1. The summed E-state index contributed by atoms with van der Waals surface area (Å²) in [5.74, 6) is 0. The Morgan fingerprint density at radius 2 is 1.90 bits per heavy atom. The van der Waals surface area contributed by atoms with Gasteiger partial charge in [-0.2, -0.15) is 0 Å². The minimum atomic E-state index is -0.0361. The highest BCUT2D eigenvalue weighted by atomic mass is 16.1. The van der Waals surface area contributed by atoms with E-state index < -0.39 is 0 Å². The highest BCUT2D eigenvalue weighted by Gasteiger charge is 2.24. The molecule has 1 N–H and O–H groups in total. The number of rotatable bonds is 4. The van der Waals surface area contributed by atoms with Gasteiger partial charge in [-0.05, 0) is 37.8 Å². The Bertz CT molecular complexity index is 680. The van der Waals surface area contributed by atoms with Gasteiger partial charge in [0.1, 0.15) is 5.65 Å². The van der Waals surface area contributed by atoms with E-state index in [-0.39, 0.29) is 16.5 Å². The molecule has 0 aliphatic rings. The maximum absolute atomic E-state index is 12.0. The Balaban J connectivity index is 2.15. The van der Waals surface area contributed by atoms with Crippen LogP contribution in [0.2, 0.25) is 0 Å². The third-order valence-corrected chi connectivity index (χ3v) is 3.34. The van der Waals surface area contributed by atoms with Crippen molar-refractivity contribution in [2.45, 2.75) is 53.1 Å². The van der Waals surface area contributed by atoms with Crippen LogP contribution in [0.15, 0.2) is 35.3 Å².